The summed E-state index contributed by atoms with van der Waals surface area (Å²) in [5.41, 5.74) is 5.17. The van der Waals surface area contributed by atoms with Gasteiger partial charge in [-0.1, -0.05) is 34.1 Å². The van der Waals surface area contributed by atoms with Gasteiger partial charge >= 0.3 is 0 Å². The zero-order chi connectivity index (χ0) is 18.4. The van der Waals surface area contributed by atoms with Crippen molar-refractivity contribution in [3.05, 3.63) is 63.8 Å². The minimum absolute atomic E-state index is 0.0342. The van der Waals surface area contributed by atoms with Crippen LogP contribution in [0.4, 0.5) is 5.69 Å². The van der Waals surface area contributed by atoms with E-state index in [9.17, 15) is 9.59 Å². The highest BCUT2D eigenvalue weighted by atomic mass is 79.9. The van der Waals surface area contributed by atoms with Crippen LogP contribution in [0.3, 0.4) is 0 Å². The zero-order valence-electron chi connectivity index (χ0n) is 14.5. The minimum atomic E-state index is -0.435. The smallest absolute Gasteiger partial charge is 0.237 e. The Morgan fingerprint density at radius 1 is 1.04 bits per heavy atom. The SMILES string of the molecule is CN1C(=O)C2c3c([nH]c4ccc(Br)cc34)C3Nc4ccccc4C3C2C1=O. The number of likely N-dealkylation sites (N-methyl/N-ethyl adjacent to an activating group) is 1. The lowest BCUT2D eigenvalue weighted by Gasteiger charge is -2.33. The van der Waals surface area contributed by atoms with Crippen molar-refractivity contribution >= 4 is 44.3 Å². The number of likely N-dealkylation sites (tertiary alicyclic amines) is 1. The van der Waals surface area contributed by atoms with Crippen molar-refractivity contribution in [3.63, 3.8) is 0 Å². The van der Waals surface area contributed by atoms with Gasteiger partial charge in [0.15, 0.2) is 0 Å². The molecule has 1 aliphatic carbocycles. The average Bonchev–Trinajstić information content (AvgIpc) is 3.29. The lowest BCUT2D eigenvalue weighted by atomic mass is 9.68. The summed E-state index contributed by atoms with van der Waals surface area (Å²) in [6.07, 6.45) is 0. The Morgan fingerprint density at radius 3 is 2.70 bits per heavy atom. The lowest BCUT2D eigenvalue weighted by Crippen LogP contribution is -2.33. The highest BCUT2D eigenvalue weighted by Gasteiger charge is 2.59. The molecule has 6 heteroatoms. The second-order valence-electron chi connectivity index (χ2n) is 7.62. The van der Waals surface area contributed by atoms with Crippen LogP contribution in [0, 0.1) is 5.92 Å². The lowest BCUT2D eigenvalue weighted by molar-refractivity contribution is -0.138. The highest BCUT2D eigenvalue weighted by Crippen LogP contribution is 2.60. The molecule has 2 aromatic carbocycles. The Hall–Kier alpha value is -2.60. The molecule has 3 aromatic rings. The molecule has 3 aliphatic rings. The number of imide groups is 1. The molecule has 2 N–H and O–H groups in total. The number of hydrogen-bond acceptors (Lipinski definition) is 3. The van der Waals surface area contributed by atoms with Gasteiger partial charge in [0, 0.05) is 39.7 Å². The summed E-state index contributed by atoms with van der Waals surface area (Å²) in [6.45, 7) is 0. The van der Waals surface area contributed by atoms with Gasteiger partial charge in [0.2, 0.25) is 11.8 Å². The summed E-state index contributed by atoms with van der Waals surface area (Å²) in [4.78, 5) is 31.1. The van der Waals surface area contributed by atoms with Crippen LogP contribution in [0.1, 0.15) is 34.7 Å². The first-order valence-electron chi connectivity index (χ1n) is 9.04. The van der Waals surface area contributed by atoms with Crippen LogP contribution in [0.2, 0.25) is 0 Å². The van der Waals surface area contributed by atoms with E-state index < -0.39 is 5.92 Å². The summed E-state index contributed by atoms with van der Waals surface area (Å²) >= 11 is 3.54. The van der Waals surface area contributed by atoms with Gasteiger partial charge in [0.25, 0.3) is 0 Å². The van der Waals surface area contributed by atoms with Gasteiger partial charge < -0.3 is 10.3 Å². The number of aromatic nitrogens is 1. The van der Waals surface area contributed by atoms with Crippen LogP contribution in [-0.4, -0.2) is 28.7 Å². The largest absolute Gasteiger partial charge is 0.376 e. The Labute approximate surface area is 163 Å². The number of para-hydroxylation sites is 1. The molecule has 0 spiro atoms. The van der Waals surface area contributed by atoms with Crippen molar-refractivity contribution in [2.75, 3.05) is 12.4 Å². The number of carbonyl (C=O) groups is 2. The van der Waals surface area contributed by atoms with E-state index in [0.29, 0.717) is 0 Å². The summed E-state index contributed by atoms with van der Waals surface area (Å²) in [7, 11) is 1.61. The van der Waals surface area contributed by atoms with Gasteiger partial charge in [-0.2, -0.15) is 0 Å². The van der Waals surface area contributed by atoms with E-state index in [1.54, 1.807) is 7.05 Å². The molecule has 0 saturated carbocycles. The Balaban J connectivity index is 1.69. The van der Waals surface area contributed by atoms with Crippen molar-refractivity contribution in [2.45, 2.75) is 17.9 Å². The molecule has 3 heterocycles. The number of aromatic amines is 1. The first kappa shape index (κ1) is 15.5. The standard InChI is InChI=1S/C21H16BrN3O2/c1-25-20(26)16-14-10-4-2-3-5-12(10)23-18(14)19-15(17(16)21(25)27)11-8-9(22)6-7-13(11)24-19/h2-8,14,16-18,23-24H,1H3. The Bertz CT molecular complexity index is 1170. The third kappa shape index (κ3) is 1.79. The maximum absolute atomic E-state index is 13.1. The van der Waals surface area contributed by atoms with Crippen molar-refractivity contribution in [1.29, 1.82) is 0 Å². The molecule has 2 aliphatic heterocycles. The van der Waals surface area contributed by atoms with Gasteiger partial charge in [-0.05, 0) is 35.4 Å². The molecule has 0 radical (unpaired) electrons. The van der Waals surface area contributed by atoms with Crippen LogP contribution in [-0.2, 0) is 9.59 Å². The number of amides is 2. The fourth-order valence-corrected chi connectivity index (χ4v) is 5.66. The maximum Gasteiger partial charge on any atom is 0.237 e. The van der Waals surface area contributed by atoms with Gasteiger partial charge in [0.1, 0.15) is 0 Å². The molecule has 134 valence electrons. The van der Waals surface area contributed by atoms with Gasteiger partial charge in [-0.15, -0.1) is 0 Å². The molecule has 5 nitrogen and oxygen atoms in total. The van der Waals surface area contributed by atoms with Crippen LogP contribution in [0.25, 0.3) is 10.9 Å². The number of rotatable bonds is 0. The summed E-state index contributed by atoms with van der Waals surface area (Å²) in [6, 6.07) is 14.1. The second kappa shape index (κ2) is 5.01. The van der Waals surface area contributed by atoms with E-state index in [1.165, 1.54) is 4.90 Å². The van der Waals surface area contributed by atoms with E-state index in [1.807, 2.05) is 36.4 Å². The zero-order valence-corrected chi connectivity index (χ0v) is 16.1. The molecule has 1 saturated heterocycles. The maximum atomic E-state index is 13.1. The van der Waals surface area contributed by atoms with Crippen LogP contribution >= 0.6 is 15.9 Å². The predicted molar refractivity (Wildman–Crippen MR) is 106 cm³/mol. The third-order valence-corrected chi connectivity index (χ3v) is 6.89. The van der Waals surface area contributed by atoms with Crippen LogP contribution < -0.4 is 5.32 Å². The second-order valence-corrected chi connectivity index (χ2v) is 8.53. The number of halogens is 1. The molecule has 2 amide bonds. The Morgan fingerprint density at radius 2 is 1.85 bits per heavy atom. The molecular weight excluding hydrogens is 406 g/mol. The number of fused-ring (bicyclic) bond motifs is 10. The van der Waals surface area contributed by atoms with E-state index in [4.69, 9.17) is 0 Å². The fraction of sp³-hybridized carbons (Fsp3) is 0.238. The number of carbonyl (C=O) groups excluding carboxylic acids is 2. The first-order chi connectivity index (χ1) is 13.1. The number of benzene rings is 2. The number of nitrogens with zero attached hydrogens (tertiary/aromatic N) is 1. The molecule has 27 heavy (non-hydrogen) atoms. The summed E-state index contributed by atoms with van der Waals surface area (Å²) in [5, 5.41) is 4.62. The topological polar surface area (TPSA) is 65.2 Å². The molecule has 6 rings (SSSR count). The van der Waals surface area contributed by atoms with Crippen LogP contribution in [0.15, 0.2) is 46.9 Å². The third-order valence-electron chi connectivity index (χ3n) is 6.40. The highest BCUT2D eigenvalue weighted by molar-refractivity contribution is 9.10. The quantitative estimate of drug-likeness (QED) is 0.541. The van der Waals surface area contributed by atoms with Gasteiger partial charge in [-0.3, -0.25) is 14.5 Å². The van der Waals surface area contributed by atoms with Crippen molar-refractivity contribution < 1.29 is 9.59 Å². The van der Waals surface area contributed by atoms with E-state index >= 15 is 0 Å². The van der Waals surface area contributed by atoms with Crippen molar-refractivity contribution in [3.8, 4) is 0 Å². The minimum Gasteiger partial charge on any atom is -0.376 e. The number of anilines is 1. The van der Waals surface area contributed by atoms with Crippen LogP contribution in [0.5, 0.6) is 0 Å². The average molecular weight is 422 g/mol. The van der Waals surface area contributed by atoms with Crippen molar-refractivity contribution in [2.24, 2.45) is 5.92 Å². The number of H-pyrrole nitrogens is 1. The van der Waals surface area contributed by atoms with E-state index in [0.717, 1.165) is 37.9 Å². The van der Waals surface area contributed by atoms with Crippen molar-refractivity contribution in [1.82, 2.24) is 9.88 Å². The molecule has 4 atom stereocenters. The summed E-state index contributed by atoms with van der Waals surface area (Å²) in [5.74, 6) is -1.02. The number of hydrogen-bond donors (Lipinski definition) is 2. The van der Waals surface area contributed by atoms with Gasteiger partial charge in [0.05, 0.1) is 17.9 Å². The molecule has 1 fully saturated rings. The molecule has 0 bridgehead atoms. The fourth-order valence-electron chi connectivity index (χ4n) is 5.30. The Kier molecular flexibility index (Phi) is 2.87. The molecule has 4 unspecified atom stereocenters. The van der Waals surface area contributed by atoms with E-state index in [2.05, 4.69) is 32.3 Å². The molecule has 1 aromatic heterocycles. The number of nitrogens with one attached hydrogen (secondary N) is 2. The normalized spacial score (nSPS) is 28.0. The summed E-state index contributed by atoms with van der Waals surface area (Å²) < 4.78 is 0.961. The van der Waals surface area contributed by atoms with E-state index in [-0.39, 0.29) is 29.7 Å². The predicted octanol–water partition coefficient (Wildman–Crippen LogP) is 3.89. The molecular formula is C21H16BrN3O2. The first-order valence-corrected chi connectivity index (χ1v) is 9.83. The monoisotopic (exact) mass is 421 g/mol. The van der Waals surface area contributed by atoms with Gasteiger partial charge in [-0.25, -0.2) is 0 Å².